The first-order valence-electron chi connectivity index (χ1n) is 4.64. The Kier molecular flexibility index (Phi) is 3.69. The van der Waals surface area contributed by atoms with E-state index < -0.39 is 0 Å². The summed E-state index contributed by atoms with van der Waals surface area (Å²) >= 11 is 0. The number of carbonyl (C=O) groups is 1. The molecule has 3 nitrogen and oxygen atoms in total. The first-order chi connectivity index (χ1) is 5.72. The average molecular weight is 170 g/mol. The van der Waals surface area contributed by atoms with Crippen LogP contribution in [0.3, 0.4) is 0 Å². The maximum Gasteiger partial charge on any atom is 0.143 e. The van der Waals surface area contributed by atoms with Gasteiger partial charge in [-0.3, -0.25) is 9.69 Å². The molecule has 2 N–H and O–H groups in total. The van der Waals surface area contributed by atoms with Crippen LogP contribution >= 0.6 is 0 Å². The van der Waals surface area contributed by atoms with Crippen molar-refractivity contribution >= 4 is 5.78 Å². The van der Waals surface area contributed by atoms with Gasteiger partial charge < -0.3 is 5.73 Å². The van der Waals surface area contributed by atoms with E-state index in [0.29, 0.717) is 12.5 Å². The lowest BCUT2D eigenvalue weighted by atomic mass is 9.97. The highest BCUT2D eigenvalue weighted by molar-refractivity contribution is 5.77. The summed E-state index contributed by atoms with van der Waals surface area (Å²) in [5, 5.41) is 0. The molecule has 0 aromatic heterocycles. The predicted molar refractivity (Wildman–Crippen MR) is 48.9 cm³/mol. The Balaban J connectivity index is 2.21. The number of piperidine rings is 1. The molecule has 1 aliphatic heterocycles. The zero-order valence-corrected chi connectivity index (χ0v) is 7.75. The molecule has 0 saturated carbocycles. The van der Waals surface area contributed by atoms with Gasteiger partial charge in [-0.1, -0.05) is 0 Å². The van der Waals surface area contributed by atoms with Gasteiger partial charge in [0.25, 0.3) is 0 Å². The third-order valence-electron chi connectivity index (χ3n) is 2.49. The molecule has 1 rings (SSSR count). The topological polar surface area (TPSA) is 46.3 Å². The zero-order valence-electron chi connectivity index (χ0n) is 7.75. The van der Waals surface area contributed by atoms with Crippen molar-refractivity contribution in [1.29, 1.82) is 0 Å². The molecule has 0 atom stereocenters. The molecular formula is C9H18N2O. The van der Waals surface area contributed by atoms with Crippen molar-refractivity contribution in [1.82, 2.24) is 4.90 Å². The minimum absolute atomic E-state index is 0.265. The molecule has 0 aromatic carbocycles. The fourth-order valence-corrected chi connectivity index (χ4v) is 1.70. The number of hydrogen-bond acceptors (Lipinski definition) is 3. The van der Waals surface area contributed by atoms with Gasteiger partial charge in [0.15, 0.2) is 0 Å². The monoisotopic (exact) mass is 170 g/mol. The van der Waals surface area contributed by atoms with Gasteiger partial charge in [-0.2, -0.15) is 0 Å². The SMILES string of the molecule is CC(=O)CN1CCC(CN)CC1. The molecule has 0 radical (unpaired) electrons. The number of ketones is 1. The van der Waals surface area contributed by atoms with Crippen molar-refractivity contribution in [3.8, 4) is 0 Å². The molecule has 70 valence electrons. The quantitative estimate of drug-likeness (QED) is 0.660. The number of nitrogens with zero attached hydrogens (tertiary/aromatic N) is 1. The minimum atomic E-state index is 0.265. The summed E-state index contributed by atoms with van der Waals surface area (Å²) in [6.45, 7) is 5.16. The van der Waals surface area contributed by atoms with Crippen molar-refractivity contribution in [2.45, 2.75) is 19.8 Å². The number of carbonyl (C=O) groups excluding carboxylic acids is 1. The molecule has 0 unspecified atom stereocenters. The van der Waals surface area contributed by atoms with Gasteiger partial charge >= 0.3 is 0 Å². The van der Waals surface area contributed by atoms with Gasteiger partial charge in [0.2, 0.25) is 0 Å². The van der Waals surface area contributed by atoms with E-state index in [1.165, 1.54) is 0 Å². The largest absolute Gasteiger partial charge is 0.330 e. The van der Waals surface area contributed by atoms with Crippen molar-refractivity contribution in [3.63, 3.8) is 0 Å². The summed E-state index contributed by atoms with van der Waals surface area (Å²) in [5.41, 5.74) is 5.56. The second kappa shape index (κ2) is 4.58. The van der Waals surface area contributed by atoms with E-state index in [2.05, 4.69) is 4.90 Å². The van der Waals surface area contributed by atoms with Crippen molar-refractivity contribution < 1.29 is 4.79 Å². The lowest BCUT2D eigenvalue weighted by Crippen LogP contribution is -2.38. The molecule has 0 spiro atoms. The summed E-state index contributed by atoms with van der Waals surface area (Å²) < 4.78 is 0. The molecule has 1 heterocycles. The zero-order chi connectivity index (χ0) is 8.97. The van der Waals surface area contributed by atoms with Gasteiger partial charge in [-0.25, -0.2) is 0 Å². The first kappa shape index (κ1) is 9.68. The van der Waals surface area contributed by atoms with E-state index in [9.17, 15) is 4.79 Å². The number of likely N-dealkylation sites (tertiary alicyclic amines) is 1. The second-order valence-electron chi connectivity index (χ2n) is 3.66. The Morgan fingerprint density at radius 1 is 1.50 bits per heavy atom. The second-order valence-corrected chi connectivity index (χ2v) is 3.66. The molecule has 1 saturated heterocycles. The number of hydrogen-bond donors (Lipinski definition) is 1. The summed E-state index contributed by atoms with van der Waals surface area (Å²) in [5.74, 6) is 0.953. The van der Waals surface area contributed by atoms with E-state index in [1.54, 1.807) is 6.92 Å². The van der Waals surface area contributed by atoms with E-state index in [0.717, 1.165) is 32.5 Å². The Hall–Kier alpha value is -0.410. The van der Waals surface area contributed by atoms with Crippen LogP contribution in [0.25, 0.3) is 0 Å². The van der Waals surface area contributed by atoms with Crippen LogP contribution in [0.1, 0.15) is 19.8 Å². The molecule has 0 amide bonds. The van der Waals surface area contributed by atoms with Gasteiger partial charge in [-0.15, -0.1) is 0 Å². The molecule has 0 aromatic rings. The van der Waals surface area contributed by atoms with Gasteiger partial charge in [-0.05, 0) is 45.3 Å². The van der Waals surface area contributed by atoms with Crippen LogP contribution in [-0.4, -0.2) is 36.9 Å². The molecule has 1 fully saturated rings. The van der Waals surface area contributed by atoms with Crippen LogP contribution in [0.4, 0.5) is 0 Å². The molecule has 1 aliphatic rings. The smallest absolute Gasteiger partial charge is 0.143 e. The molecule has 3 heteroatoms. The summed E-state index contributed by atoms with van der Waals surface area (Å²) in [6.07, 6.45) is 2.31. The lowest BCUT2D eigenvalue weighted by Gasteiger charge is -2.30. The summed E-state index contributed by atoms with van der Waals surface area (Å²) in [7, 11) is 0. The third kappa shape index (κ3) is 2.91. The Morgan fingerprint density at radius 2 is 2.08 bits per heavy atom. The summed E-state index contributed by atoms with van der Waals surface area (Å²) in [4.78, 5) is 13.0. The van der Waals surface area contributed by atoms with Gasteiger partial charge in [0.1, 0.15) is 5.78 Å². The maximum atomic E-state index is 10.8. The van der Waals surface area contributed by atoms with Crippen molar-refractivity contribution in [2.24, 2.45) is 11.7 Å². The third-order valence-corrected chi connectivity index (χ3v) is 2.49. The molecule has 0 bridgehead atoms. The van der Waals surface area contributed by atoms with Gasteiger partial charge in [0.05, 0.1) is 6.54 Å². The van der Waals surface area contributed by atoms with Crippen LogP contribution in [0.5, 0.6) is 0 Å². The van der Waals surface area contributed by atoms with Crippen molar-refractivity contribution in [3.05, 3.63) is 0 Å². The van der Waals surface area contributed by atoms with Crippen LogP contribution in [-0.2, 0) is 4.79 Å². The fraction of sp³-hybridized carbons (Fsp3) is 0.889. The van der Waals surface area contributed by atoms with Crippen LogP contribution < -0.4 is 5.73 Å². The molecule has 0 aliphatic carbocycles. The highest BCUT2D eigenvalue weighted by Gasteiger charge is 2.18. The van der Waals surface area contributed by atoms with E-state index in [-0.39, 0.29) is 5.78 Å². The molecule has 12 heavy (non-hydrogen) atoms. The lowest BCUT2D eigenvalue weighted by molar-refractivity contribution is -0.118. The predicted octanol–water partition coefficient (Wildman–Crippen LogP) is 0.246. The van der Waals surface area contributed by atoms with Crippen LogP contribution in [0, 0.1) is 5.92 Å². The first-order valence-corrected chi connectivity index (χ1v) is 4.64. The Labute approximate surface area is 73.9 Å². The number of nitrogens with two attached hydrogens (primary N) is 1. The highest BCUT2D eigenvalue weighted by atomic mass is 16.1. The number of rotatable bonds is 3. The molecular weight excluding hydrogens is 152 g/mol. The van der Waals surface area contributed by atoms with Gasteiger partial charge in [0, 0.05) is 0 Å². The highest BCUT2D eigenvalue weighted by Crippen LogP contribution is 2.14. The van der Waals surface area contributed by atoms with E-state index in [4.69, 9.17) is 5.73 Å². The standard InChI is InChI=1S/C9H18N2O/c1-8(12)7-11-4-2-9(6-10)3-5-11/h9H,2-7,10H2,1H3. The number of Topliss-reactive ketones (excluding diaryl/α,β-unsaturated/α-hetero) is 1. The van der Waals surface area contributed by atoms with Crippen LogP contribution in [0.15, 0.2) is 0 Å². The Morgan fingerprint density at radius 3 is 2.50 bits per heavy atom. The van der Waals surface area contributed by atoms with E-state index in [1.807, 2.05) is 0 Å². The average Bonchev–Trinajstić information content (AvgIpc) is 2.05. The fourth-order valence-electron chi connectivity index (χ4n) is 1.70. The minimum Gasteiger partial charge on any atom is -0.330 e. The Bertz CT molecular complexity index is 151. The normalized spacial score (nSPS) is 21.2. The van der Waals surface area contributed by atoms with Crippen LogP contribution in [0.2, 0.25) is 0 Å². The summed E-state index contributed by atoms with van der Waals surface area (Å²) in [6, 6.07) is 0. The van der Waals surface area contributed by atoms with E-state index >= 15 is 0 Å². The maximum absolute atomic E-state index is 10.8. The van der Waals surface area contributed by atoms with Crippen molar-refractivity contribution in [2.75, 3.05) is 26.2 Å².